The summed E-state index contributed by atoms with van der Waals surface area (Å²) in [7, 11) is 1.60. The van der Waals surface area contributed by atoms with Crippen LogP contribution in [-0.2, 0) is 0 Å². The standard InChI is InChI=1S/C23H21ClN4O3/c1-4-12-28-14(2)19(20(25-23(28)29)15-8-10-17(24)11-9-15)22-26-21(27-31-22)16-6-5-7-18(13-16)30-3/h4-11,13,20H,1,12H2,2-3H3,(H,25,29). The molecule has 0 saturated carbocycles. The lowest BCUT2D eigenvalue weighted by molar-refractivity contribution is 0.209. The SMILES string of the molecule is C=CCN1C(=O)NC(c2ccc(Cl)cc2)C(c2nc(-c3cccc(OC)c3)no2)=C1C. The number of hydrogen-bond acceptors (Lipinski definition) is 5. The minimum absolute atomic E-state index is 0.228. The Kier molecular flexibility index (Phi) is 5.77. The highest BCUT2D eigenvalue weighted by molar-refractivity contribution is 6.30. The van der Waals surface area contributed by atoms with E-state index in [0.29, 0.717) is 40.3 Å². The summed E-state index contributed by atoms with van der Waals surface area (Å²) in [6, 6.07) is 14.0. The Bertz CT molecular complexity index is 1150. The Morgan fingerprint density at radius 1 is 1.29 bits per heavy atom. The highest BCUT2D eigenvalue weighted by Crippen LogP contribution is 2.37. The van der Waals surface area contributed by atoms with Crippen LogP contribution >= 0.6 is 11.6 Å². The van der Waals surface area contributed by atoms with E-state index in [1.54, 1.807) is 30.2 Å². The van der Waals surface area contributed by atoms with Gasteiger partial charge in [-0.3, -0.25) is 4.90 Å². The monoisotopic (exact) mass is 436 g/mol. The maximum absolute atomic E-state index is 12.7. The zero-order valence-corrected chi connectivity index (χ0v) is 17.9. The first kappa shape index (κ1) is 20.7. The Morgan fingerprint density at radius 3 is 2.77 bits per heavy atom. The number of nitrogens with one attached hydrogen (secondary N) is 1. The molecule has 1 atom stereocenters. The third-order valence-electron chi connectivity index (χ3n) is 5.10. The average Bonchev–Trinajstić information content (AvgIpc) is 3.26. The summed E-state index contributed by atoms with van der Waals surface area (Å²) < 4.78 is 10.9. The van der Waals surface area contributed by atoms with Gasteiger partial charge in [-0.25, -0.2) is 4.79 Å². The van der Waals surface area contributed by atoms with Crippen LogP contribution in [0.4, 0.5) is 4.79 Å². The van der Waals surface area contributed by atoms with Crippen LogP contribution in [0.25, 0.3) is 17.0 Å². The third-order valence-corrected chi connectivity index (χ3v) is 5.35. The number of aromatic nitrogens is 2. The van der Waals surface area contributed by atoms with E-state index in [2.05, 4.69) is 22.0 Å². The number of rotatable bonds is 6. The number of nitrogens with zero attached hydrogens (tertiary/aromatic N) is 3. The highest BCUT2D eigenvalue weighted by Gasteiger charge is 2.35. The molecule has 1 aliphatic heterocycles. The Hall–Kier alpha value is -3.58. The number of methoxy groups -OCH3 is 1. The summed E-state index contributed by atoms with van der Waals surface area (Å²) in [6.07, 6.45) is 1.67. The van der Waals surface area contributed by atoms with Gasteiger partial charge in [-0.15, -0.1) is 6.58 Å². The van der Waals surface area contributed by atoms with E-state index >= 15 is 0 Å². The van der Waals surface area contributed by atoms with Gasteiger partial charge < -0.3 is 14.6 Å². The number of amides is 2. The molecule has 2 amide bonds. The van der Waals surface area contributed by atoms with Crippen LogP contribution in [0, 0.1) is 0 Å². The van der Waals surface area contributed by atoms with Gasteiger partial charge in [-0.1, -0.05) is 47.1 Å². The molecule has 7 nitrogen and oxygen atoms in total. The zero-order chi connectivity index (χ0) is 22.0. The minimum atomic E-state index is -0.468. The summed E-state index contributed by atoms with van der Waals surface area (Å²) >= 11 is 6.05. The molecule has 4 rings (SSSR count). The second-order valence-corrected chi connectivity index (χ2v) is 7.42. The molecule has 1 N–H and O–H groups in total. The molecule has 0 saturated heterocycles. The van der Waals surface area contributed by atoms with E-state index in [9.17, 15) is 4.79 Å². The van der Waals surface area contributed by atoms with Crippen molar-refractivity contribution in [2.75, 3.05) is 13.7 Å². The van der Waals surface area contributed by atoms with Crippen molar-refractivity contribution in [3.05, 3.63) is 83.4 Å². The number of carbonyl (C=O) groups excluding carboxylic acids is 1. The van der Waals surface area contributed by atoms with Crippen molar-refractivity contribution in [3.63, 3.8) is 0 Å². The summed E-state index contributed by atoms with van der Waals surface area (Å²) in [5.74, 6) is 1.45. The van der Waals surface area contributed by atoms with Crippen molar-refractivity contribution in [2.45, 2.75) is 13.0 Å². The molecule has 0 radical (unpaired) electrons. The van der Waals surface area contributed by atoms with E-state index in [1.807, 2.05) is 43.3 Å². The van der Waals surface area contributed by atoms with Gasteiger partial charge in [-0.05, 0) is 36.8 Å². The van der Waals surface area contributed by atoms with Crippen molar-refractivity contribution < 1.29 is 14.1 Å². The van der Waals surface area contributed by atoms with Crippen LogP contribution in [0.3, 0.4) is 0 Å². The van der Waals surface area contributed by atoms with Crippen molar-refractivity contribution in [2.24, 2.45) is 0 Å². The van der Waals surface area contributed by atoms with Crippen molar-refractivity contribution in [1.29, 1.82) is 0 Å². The first-order valence-electron chi connectivity index (χ1n) is 9.65. The summed E-state index contributed by atoms with van der Waals surface area (Å²) in [5, 5.41) is 7.79. The lowest BCUT2D eigenvalue weighted by atomic mass is 9.94. The Balaban J connectivity index is 1.81. The third kappa shape index (κ3) is 4.04. The van der Waals surface area contributed by atoms with Gasteiger partial charge >= 0.3 is 6.03 Å². The van der Waals surface area contributed by atoms with E-state index in [0.717, 1.165) is 11.1 Å². The molecule has 3 aromatic rings. The van der Waals surface area contributed by atoms with E-state index in [4.69, 9.17) is 20.9 Å². The van der Waals surface area contributed by atoms with Gasteiger partial charge in [0.15, 0.2) is 0 Å². The summed E-state index contributed by atoms with van der Waals surface area (Å²) in [6.45, 7) is 5.96. The average molecular weight is 437 g/mol. The topological polar surface area (TPSA) is 80.5 Å². The van der Waals surface area contributed by atoms with Crippen LogP contribution in [0.1, 0.15) is 24.4 Å². The number of hydrogen-bond donors (Lipinski definition) is 1. The van der Waals surface area contributed by atoms with Crippen LogP contribution in [-0.4, -0.2) is 34.7 Å². The van der Waals surface area contributed by atoms with Crippen molar-refractivity contribution in [1.82, 2.24) is 20.4 Å². The van der Waals surface area contributed by atoms with E-state index in [1.165, 1.54) is 0 Å². The van der Waals surface area contributed by atoms with Crippen LogP contribution in [0.2, 0.25) is 5.02 Å². The molecule has 158 valence electrons. The number of carbonyl (C=O) groups is 1. The largest absolute Gasteiger partial charge is 0.497 e. The minimum Gasteiger partial charge on any atom is -0.497 e. The normalized spacial score (nSPS) is 16.3. The second kappa shape index (κ2) is 8.65. The number of benzene rings is 2. The van der Waals surface area contributed by atoms with E-state index in [-0.39, 0.29) is 6.03 Å². The molecular weight excluding hydrogens is 416 g/mol. The molecule has 0 spiro atoms. The number of allylic oxidation sites excluding steroid dienone is 1. The fraction of sp³-hybridized carbons (Fsp3) is 0.174. The Labute approximate surface area is 185 Å². The number of ether oxygens (including phenoxy) is 1. The quantitative estimate of drug-likeness (QED) is 0.545. The van der Waals surface area contributed by atoms with Crippen LogP contribution in [0.5, 0.6) is 5.75 Å². The first-order chi connectivity index (χ1) is 15.0. The molecule has 2 aromatic carbocycles. The molecule has 0 bridgehead atoms. The molecule has 31 heavy (non-hydrogen) atoms. The van der Waals surface area contributed by atoms with Gasteiger partial charge in [0, 0.05) is 22.8 Å². The van der Waals surface area contributed by atoms with Crippen LogP contribution in [0.15, 0.2) is 71.4 Å². The van der Waals surface area contributed by atoms with Gasteiger partial charge in [0.05, 0.1) is 18.7 Å². The predicted molar refractivity (Wildman–Crippen MR) is 119 cm³/mol. The molecule has 0 aliphatic carbocycles. The van der Waals surface area contributed by atoms with Crippen LogP contribution < -0.4 is 10.1 Å². The molecular formula is C23H21ClN4O3. The second-order valence-electron chi connectivity index (χ2n) is 6.99. The van der Waals surface area contributed by atoms with E-state index < -0.39 is 6.04 Å². The molecule has 0 fully saturated rings. The molecule has 8 heteroatoms. The predicted octanol–water partition coefficient (Wildman–Crippen LogP) is 5.08. The van der Waals surface area contributed by atoms with Crippen molar-refractivity contribution >= 4 is 23.2 Å². The first-order valence-corrected chi connectivity index (χ1v) is 10.0. The maximum atomic E-state index is 12.7. The highest BCUT2D eigenvalue weighted by atomic mass is 35.5. The fourth-order valence-electron chi connectivity index (χ4n) is 3.52. The lowest BCUT2D eigenvalue weighted by Gasteiger charge is -2.34. The Morgan fingerprint density at radius 2 is 2.06 bits per heavy atom. The number of halogens is 1. The molecule has 1 aliphatic rings. The fourth-order valence-corrected chi connectivity index (χ4v) is 3.65. The lowest BCUT2D eigenvalue weighted by Crippen LogP contribution is -2.46. The van der Waals surface area contributed by atoms with Gasteiger partial charge in [0.25, 0.3) is 5.89 Å². The summed E-state index contributed by atoms with van der Waals surface area (Å²) in [4.78, 5) is 19.0. The number of urea groups is 1. The van der Waals surface area contributed by atoms with Gasteiger partial charge in [0.2, 0.25) is 5.82 Å². The summed E-state index contributed by atoms with van der Waals surface area (Å²) in [5.41, 5.74) is 3.04. The van der Waals surface area contributed by atoms with Crippen molar-refractivity contribution in [3.8, 4) is 17.1 Å². The molecule has 1 unspecified atom stereocenters. The van der Waals surface area contributed by atoms with Gasteiger partial charge in [-0.2, -0.15) is 4.98 Å². The maximum Gasteiger partial charge on any atom is 0.322 e. The zero-order valence-electron chi connectivity index (χ0n) is 17.1. The molecule has 1 aromatic heterocycles. The molecule has 2 heterocycles. The smallest absolute Gasteiger partial charge is 0.322 e. The van der Waals surface area contributed by atoms with Gasteiger partial charge in [0.1, 0.15) is 5.75 Å².